The maximum atomic E-state index is 11.8. The van der Waals surface area contributed by atoms with Crippen LogP contribution in [-0.2, 0) is 10.0 Å². The first-order valence-electron chi connectivity index (χ1n) is 8.77. The molecule has 0 radical (unpaired) electrons. The average Bonchev–Trinajstić information content (AvgIpc) is 2.96. The number of hydrogen-bond acceptors (Lipinski definition) is 6. The fourth-order valence-corrected chi connectivity index (χ4v) is 3.67. The molecular weight excluding hydrogens is 352 g/mol. The molecule has 0 saturated carbocycles. The zero-order chi connectivity index (χ0) is 18.7. The number of benzene rings is 1. The van der Waals surface area contributed by atoms with Crippen LogP contribution >= 0.6 is 0 Å². The predicted molar refractivity (Wildman–Crippen MR) is 107 cm³/mol. The standard InChI is InChI=1S/C17H24N6O2S/c1-3-23-17(18)16(12-19-23)20-14-8-7-13(22-9-5-4-6-10-22)11-15(14)21-26(2,24)25/h7-8,11-12H,3-6,9-10H2,1-2H3,(H2,18,19,21)/p+1. The van der Waals surface area contributed by atoms with Crippen LogP contribution < -0.4 is 15.4 Å². The van der Waals surface area contributed by atoms with Gasteiger partial charge in [-0.15, -0.1) is 4.68 Å². The Labute approximate surface area is 154 Å². The number of rotatable bonds is 5. The molecule has 8 nitrogen and oxygen atoms in total. The lowest BCUT2D eigenvalue weighted by atomic mass is 10.1. The van der Waals surface area contributed by atoms with Crippen molar-refractivity contribution in [3.63, 3.8) is 0 Å². The highest BCUT2D eigenvalue weighted by Gasteiger charge is 2.21. The predicted octanol–water partition coefficient (Wildman–Crippen LogP) is 1.51. The molecule has 140 valence electrons. The van der Waals surface area contributed by atoms with Crippen LogP contribution in [0.1, 0.15) is 26.2 Å². The summed E-state index contributed by atoms with van der Waals surface area (Å²) in [4.78, 5) is 6.79. The zero-order valence-corrected chi connectivity index (χ0v) is 16.0. The number of nitrogens with zero attached hydrogens (tertiary/aromatic N) is 4. The van der Waals surface area contributed by atoms with E-state index in [0.717, 1.165) is 37.9 Å². The molecule has 0 atom stereocenters. The maximum Gasteiger partial charge on any atom is 0.321 e. The Hall–Kier alpha value is -2.42. The van der Waals surface area contributed by atoms with Crippen molar-refractivity contribution in [3.8, 4) is 0 Å². The van der Waals surface area contributed by atoms with Gasteiger partial charge in [0.2, 0.25) is 10.0 Å². The highest BCUT2D eigenvalue weighted by atomic mass is 32.2. The minimum atomic E-state index is -3.43. The van der Waals surface area contributed by atoms with Crippen molar-refractivity contribution >= 4 is 44.8 Å². The van der Waals surface area contributed by atoms with Crippen LogP contribution in [-0.4, -0.2) is 56.8 Å². The van der Waals surface area contributed by atoms with Gasteiger partial charge < -0.3 is 4.90 Å². The molecule has 0 aliphatic carbocycles. The van der Waals surface area contributed by atoms with E-state index in [0.29, 0.717) is 29.5 Å². The smallest absolute Gasteiger partial charge is 0.321 e. The topological polar surface area (TPSA) is 103 Å². The Kier molecular flexibility index (Phi) is 5.26. The summed E-state index contributed by atoms with van der Waals surface area (Å²) in [5.74, 6) is 0.456. The summed E-state index contributed by atoms with van der Waals surface area (Å²) in [5, 5.41) is 4.18. The molecule has 0 aromatic heterocycles. The fraction of sp³-hybridized carbons (Fsp3) is 0.471. The summed E-state index contributed by atoms with van der Waals surface area (Å²) >= 11 is 0. The van der Waals surface area contributed by atoms with E-state index in [4.69, 9.17) is 5.73 Å². The first kappa shape index (κ1) is 18.4. The van der Waals surface area contributed by atoms with Gasteiger partial charge in [0.1, 0.15) is 12.8 Å². The average molecular weight is 377 g/mol. The minimum Gasteiger partial charge on any atom is -0.371 e. The van der Waals surface area contributed by atoms with E-state index < -0.39 is 10.0 Å². The van der Waals surface area contributed by atoms with Crippen LogP contribution in [0.25, 0.3) is 0 Å². The van der Waals surface area contributed by atoms with Crippen molar-refractivity contribution in [1.82, 2.24) is 0 Å². The molecule has 9 heteroatoms. The van der Waals surface area contributed by atoms with Gasteiger partial charge in [0.05, 0.1) is 17.6 Å². The van der Waals surface area contributed by atoms with Crippen LogP contribution in [0.15, 0.2) is 28.3 Å². The van der Waals surface area contributed by atoms with Crippen LogP contribution in [0.3, 0.4) is 0 Å². The van der Waals surface area contributed by atoms with Gasteiger partial charge in [-0.3, -0.25) is 10.5 Å². The van der Waals surface area contributed by atoms with Crippen LogP contribution in [0, 0.1) is 0 Å². The quantitative estimate of drug-likeness (QED) is 0.759. The Morgan fingerprint density at radius 1 is 1.31 bits per heavy atom. The summed E-state index contributed by atoms with van der Waals surface area (Å²) in [6.45, 7) is 4.54. The molecule has 1 fully saturated rings. The Bertz CT molecular complexity index is 883. The number of nitrogens with two attached hydrogens (primary N) is 1. The molecule has 3 N–H and O–H groups in total. The van der Waals surface area contributed by atoms with Crippen molar-refractivity contribution in [2.45, 2.75) is 26.2 Å². The molecule has 1 aromatic carbocycles. The molecule has 3 rings (SSSR count). The Balaban J connectivity index is 1.99. The maximum absolute atomic E-state index is 11.8. The Morgan fingerprint density at radius 3 is 2.65 bits per heavy atom. The van der Waals surface area contributed by atoms with Gasteiger partial charge in [0.15, 0.2) is 5.71 Å². The SMILES string of the molecule is CC[N+]1=C(N)C(=Nc2ccc(N3CCCCC3)cc2NS(C)(=O)=O)C=N1. The first-order valence-corrected chi connectivity index (χ1v) is 10.7. The largest absolute Gasteiger partial charge is 0.371 e. The lowest BCUT2D eigenvalue weighted by Gasteiger charge is -2.29. The highest BCUT2D eigenvalue weighted by molar-refractivity contribution is 7.92. The third kappa shape index (κ3) is 4.21. The summed E-state index contributed by atoms with van der Waals surface area (Å²) in [6.07, 6.45) is 6.25. The summed E-state index contributed by atoms with van der Waals surface area (Å²) < 4.78 is 27.8. The second-order valence-corrected chi connectivity index (χ2v) is 8.21. The number of aliphatic imine (C=N–C) groups is 1. The molecule has 1 saturated heterocycles. The Morgan fingerprint density at radius 2 is 2.04 bits per heavy atom. The molecule has 1 aromatic rings. The number of amidine groups is 1. The van der Waals surface area contributed by atoms with Gasteiger partial charge in [-0.2, -0.15) is 0 Å². The molecular formula is C17H25N6O2S+. The molecule has 2 aliphatic heterocycles. The molecule has 0 unspecified atom stereocenters. The normalized spacial score (nSPS) is 19.5. The molecule has 0 spiro atoms. The van der Waals surface area contributed by atoms with Crippen molar-refractivity contribution in [3.05, 3.63) is 18.2 Å². The third-order valence-electron chi connectivity index (χ3n) is 4.40. The second-order valence-electron chi connectivity index (χ2n) is 6.47. The van der Waals surface area contributed by atoms with Crippen LogP contribution in [0.4, 0.5) is 17.1 Å². The number of piperidine rings is 1. The zero-order valence-electron chi connectivity index (χ0n) is 15.1. The third-order valence-corrected chi connectivity index (χ3v) is 4.99. The van der Waals surface area contributed by atoms with Crippen molar-refractivity contribution in [2.75, 3.05) is 35.5 Å². The molecule has 2 aliphatic rings. The lowest BCUT2D eigenvalue weighted by molar-refractivity contribution is -0.526. The van der Waals surface area contributed by atoms with Crippen LogP contribution in [0.5, 0.6) is 0 Å². The molecule has 2 heterocycles. The number of anilines is 2. The van der Waals surface area contributed by atoms with Gasteiger partial charge >= 0.3 is 5.84 Å². The first-order chi connectivity index (χ1) is 12.4. The lowest BCUT2D eigenvalue weighted by Crippen LogP contribution is -2.29. The summed E-state index contributed by atoms with van der Waals surface area (Å²) in [7, 11) is -3.43. The van der Waals surface area contributed by atoms with Gasteiger partial charge in [-0.05, 0) is 44.4 Å². The molecule has 0 bridgehead atoms. The van der Waals surface area contributed by atoms with E-state index in [1.54, 1.807) is 10.9 Å². The number of sulfonamides is 1. The molecule has 26 heavy (non-hydrogen) atoms. The van der Waals surface area contributed by atoms with E-state index in [1.165, 1.54) is 6.42 Å². The fourth-order valence-electron chi connectivity index (χ4n) is 3.10. The van der Waals surface area contributed by atoms with Crippen molar-refractivity contribution in [1.29, 1.82) is 0 Å². The van der Waals surface area contributed by atoms with Crippen molar-refractivity contribution < 1.29 is 13.1 Å². The van der Waals surface area contributed by atoms with Gasteiger partial charge in [-0.1, -0.05) is 5.10 Å². The van der Waals surface area contributed by atoms with Crippen molar-refractivity contribution in [2.24, 2.45) is 15.8 Å². The van der Waals surface area contributed by atoms with E-state index in [2.05, 4.69) is 19.7 Å². The van der Waals surface area contributed by atoms with Gasteiger partial charge in [-0.25, -0.2) is 13.4 Å². The van der Waals surface area contributed by atoms with Gasteiger partial charge in [0, 0.05) is 18.8 Å². The van der Waals surface area contributed by atoms with E-state index in [1.807, 2.05) is 25.1 Å². The minimum absolute atomic E-state index is 0.444. The number of nitrogens with one attached hydrogen (secondary N) is 1. The van der Waals surface area contributed by atoms with E-state index >= 15 is 0 Å². The molecule has 0 amide bonds. The number of hydrazone groups is 1. The highest BCUT2D eigenvalue weighted by Crippen LogP contribution is 2.32. The van der Waals surface area contributed by atoms with Gasteiger partial charge in [0.25, 0.3) is 0 Å². The van der Waals surface area contributed by atoms with E-state index in [-0.39, 0.29) is 0 Å². The monoisotopic (exact) mass is 377 g/mol. The van der Waals surface area contributed by atoms with Crippen LogP contribution in [0.2, 0.25) is 0 Å². The second kappa shape index (κ2) is 7.45. The number of hydrogen-bond donors (Lipinski definition) is 2. The summed E-state index contributed by atoms with van der Waals surface area (Å²) in [6, 6.07) is 5.63. The summed E-state index contributed by atoms with van der Waals surface area (Å²) in [5.41, 5.74) is 8.52. The van der Waals surface area contributed by atoms with E-state index in [9.17, 15) is 8.42 Å².